The molecule has 1 heterocycles. The van der Waals surface area contributed by atoms with Gasteiger partial charge >= 0.3 is 12.1 Å². The standard InChI is InChI=1S/C22H25N3OS.C2HF3O2/c23-14-15-10-12-16(13-11-15)20(24-17-6-2-1-3-7-17)21(26)22-25-18-8-4-5-9-19(18)27-22;3-2(4,5)1(6)7/h4-5,8-13,17,20,24H,1-3,6-7,14,23H2;(H,6,7). The average molecular weight is 494 g/mol. The molecule has 34 heavy (non-hydrogen) atoms. The molecule has 0 radical (unpaired) electrons. The SMILES string of the molecule is NCc1ccc(C(NC2CCCCC2)C(=O)c2nc3ccccc3s2)cc1.O=C(O)C(F)(F)F. The number of nitrogens with two attached hydrogens (primary N) is 1. The molecule has 1 aliphatic carbocycles. The van der Waals surface area contributed by atoms with E-state index in [-0.39, 0.29) is 11.8 Å². The fourth-order valence-corrected chi connectivity index (χ4v) is 4.71. The largest absolute Gasteiger partial charge is 0.490 e. The Hall–Kier alpha value is -2.82. The van der Waals surface area contributed by atoms with Gasteiger partial charge in [-0.3, -0.25) is 4.79 Å². The lowest BCUT2D eigenvalue weighted by Gasteiger charge is -2.28. The molecule has 182 valence electrons. The zero-order valence-corrected chi connectivity index (χ0v) is 19.2. The van der Waals surface area contributed by atoms with Gasteiger partial charge < -0.3 is 16.2 Å². The van der Waals surface area contributed by atoms with Gasteiger partial charge in [-0.1, -0.05) is 55.7 Å². The summed E-state index contributed by atoms with van der Waals surface area (Å²) in [7, 11) is 0. The number of aliphatic carboxylic acids is 1. The van der Waals surface area contributed by atoms with Crippen LogP contribution >= 0.6 is 11.3 Å². The van der Waals surface area contributed by atoms with Gasteiger partial charge in [0.2, 0.25) is 5.78 Å². The number of para-hydroxylation sites is 1. The van der Waals surface area contributed by atoms with Gasteiger partial charge in [-0.15, -0.1) is 11.3 Å². The number of hydrogen-bond donors (Lipinski definition) is 3. The summed E-state index contributed by atoms with van der Waals surface area (Å²) in [6, 6.07) is 16.0. The molecule has 10 heteroatoms. The normalized spacial score (nSPS) is 15.4. The minimum atomic E-state index is -5.08. The molecule has 0 bridgehead atoms. The highest BCUT2D eigenvalue weighted by atomic mass is 32.1. The zero-order chi connectivity index (χ0) is 24.7. The van der Waals surface area contributed by atoms with Crippen LogP contribution in [0.25, 0.3) is 10.2 Å². The number of fused-ring (bicyclic) bond motifs is 1. The summed E-state index contributed by atoms with van der Waals surface area (Å²) in [4.78, 5) is 26.9. The number of halogens is 3. The van der Waals surface area contributed by atoms with Crippen molar-refractivity contribution in [3.05, 3.63) is 64.7 Å². The second kappa shape index (κ2) is 11.5. The third-order valence-corrected chi connectivity index (χ3v) is 6.62. The number of nitrogens with zero attached hydrogens (tertiary/aromatic N) is 1. The van der Waals surface area contributed by atoms with E-state index in [9.17, 15) is 18.0 Å². The predicted molar refractivity (Wildman–Crippen MR) is 125 cm³/mol. The maximum atomic E-state index is 13.4. The van der Waals surface area contributed by atoms with Crippen molar-refractivity contribution < 1.29 is 27.9 Å². The number of carboxylic acids is 1. The van der Waals surface area contributed by atoms with E-state index in [1.807, 2.05) is 48.5 Å². The van der Waals surface area contributed by atoms with E-state index in [2.05, 4.69) is 10.3 Å². The van der Waals surface area contributed by atoms with Crippen molar-refractivity contribution in [2.24, 2.45) is 5.73 Å². The first-order valence-electron chi connectivity index (χ1n) is 10.9. The fraction of sp³-hybridized carbons (Fsp3) is 0.375. The highest BCUT2D eigenvalue weighted by molar-refractivity contribution is 7.20. The Morgan fingerprint density at radius 2 is 1.71 bits per heavy atom. The van der Waals surface area contributed by atoms with Crippen LogP contribution in [-0.4, -0.2) is 34.1 Å². The van der Waals surface area contributed by atoms with Crippen LogP contribution in [0.1, 0.15) is 59.1 Å². The first-order valence-corrected chi connectivity index (χ1v) is 11.8. The number of nitrogens with one attached hydrogen (secondary N) is 1. The number of alkyl halides is 3. The van der Waals surface area contributed by atoms with Crippen molar-refractivity contribution in [2.75, 3.05) is 0 Å². The third kappa shape index (κ3) is 6.85. The number of carbonyl (C=O) groups is 2. The van der Waals surface area contributed by atoms with E-state index in [0.717, 1.165) is 34.2 Å². The molecule has 1 aromatic heterocycles. The highest BCUT2D eigenvalue weighted by Gasteiger charge is 2.38. The summed E-state index contributed by atoms with van der Waals surface area (Å²) in [6.07, 6.45) is 0.923. The molecule has 0 spiro atoms. The van der Waals surface area contributed by atoms with E-state index in [1.54, 1.807) is 0 Å². The van der Waals surface area contributed by atoms with Crippen molar-refractivity contribution in [1.29, 1.82) is 0 Å². The third-order valence-electron chi connectivity index (χ3n) is 5.57. The van der Waals surface area contributed by atoms with Gasteiger partial charge in [-0.2, -0.15) is 13.2 Å². The molecule has 4 rings (SSSR count). The Bertz CT molecular complexity index is 1080. The van der Waals surface area contributed by atoms with Crippen LogP contribution in [0.3, 0.4) is 0 Å². The second-order valence-corrected chi connectivity index (χ2v) is 9.06. The number of carbonyl (C=O) groups excluding carboxylic acids is 1. The molecule has 4 N–H and O–H groups in total. The summed E-state index contributed by atoms with van der Waals surface area (Å²) < 4.78 is 32.8. The maximum absolute atomic E-state index is 13.4. The molecular formula is C24H26F3N3O3S. The summed E-state index contributed by atoms with van der Waals surface area (Å²) in [5, 5.41) is 11.3. The van der Waals surface area contributed by atoms with E-state index in [1.165, 1.54) is 30.6 Å². The van der Waals surface area contributed by atoms with Crippen LogP contribution in [0.5, 0.6) is 0 Å². The Kier molecular flexibility index (Phi) is 8.76. The van der Waals surface area contributed by atoms with Gasteiger partial charge in [0.25, 0.3) is 0 Å². The number of thiazole rings is 1. The second-order valence-electron chi connectivity index (χ2n) is 8.03. The molecule has 1 atom stereocenters. The molecule has 0 aliphatic heterocycles. The quantitative estimate of drug-likeness (QED) is 0.406. The van der Waals surface area contributed by atoms with Crippen molar-refractivity contribution in [1.82, 2.24) is 10.3 Å². The lowest BCUT2D eigenvalue weighted by molar-refractivity contribution is -0.192. The van der Waals surface area contributed by atoms with Gasteiger partial charge in [0.05, 0.1) is 16.3 Å². The molecule has 6 nitrogen and oxygen atoms in total. The van der Waals surface area contributed by atoms with Gasteiger partial charge in [-0.05, 0) is 36.1 Å². The Morgan fingerprint density at radius 3 is 2.26 bits per heavy atom. The van der Waals surface area contributed by atoms with Crippen molar-refractivity contribution in [2.45, 2.75) is 56.9 Å². The summed E-state index contributed by atoms with van der Waals surface area (Å²) in [5.74, 6) is -2.70. The zero-order valence-electron chi connectivity index (χ0n) is 18.3. The number of benzene rings is 2. The van der Waals surface area contributed by atoms with Gasteiger partial charge in [0.1, 0.15) is 0 Å². The lowest BCUT2D eigenvalue weighted by Crippen LogP contribution is -2.38. The lowest BCUT2D eigenvalue weighted by atomic mass is 9.93. The van der Waals surface area contributed by atoms with E-state index in [0.29, 0.717) is 17.6 Å². The Labute approximate surface area is 199 Å². The monoisotopic (exact) mass is 493 g/mol. The summed E-state index contributed by atoms with van der Waals surface area (Å²) in [5.41, 5.74) is 8.68. The minimum absolute atomic E-state index is 0.0577. The number of Topliss-reactive ketones (excluding diaryl/α,β-unsaturated/α-hetero) is 1. The van der Waals surface area contributed by atoms with E-state index in [4.69, 9.17) is 15.6 Å². The molecule has 1 saturated carbocycles. The van der Waals surface area contributed by atoms with Gasteiger partial charge in [0, 0.05) is 12.6 Å². The first kappa shape index (κ1) is 25.8. The van der Waals surface area contributed by atoms with Crippen LogP contribution in [0, 0.1) is 0 Å². The molecule has 0 saturated heterocycles. The molecule has 3 aromatic rings. The molecule has 2 aromatic carbocycles. The molecule has 1 fully saturated rings. The first-order chi connectivity index (χ1) is 16.2. The summed E-state index contributed by atoms with van der Waals surface area (Å²) in [6.45, 7) is 0.507. The number of hydrogen-bond acceptors (Lipinski definition) is 6. The molecule has 1 aliphatic rings. The van der Waals surface area contributed by atoms with Gasteiger partial charge in [-0.25, -0.2) is 9.78 Å². The van der Waals surface area contributed by atoms with E-state index >= 15 is 0 Å². The number of rotatable bonds is 6. The van der Waals surface area contributed by atoms with E-state index < -0.39 is 12.1 Å². The molecular weight excluding hydrogens is 467 g/mol. The Morgan fingerprint density at radius 1 is 1.09 bits per heavy atom. The summed E-state index contributed by atoms with van der Waals surface area (Å²) >= 11 is 1.48. The van der Waals surface area contributed by atoms with Crippen LogP contribution in [-0.2, 0) is 11.3 Å². The minimum Gasteiger partial charge on any atom is -0.475 e. The highest BCUT2D eigenvalue weighted by Crippen LogP contribution is 2.28. The van der Waals surface area contributed by atoms with Crippen molar-refractivity contribution >= 4 is 33.3 Å². The predicted octanol–water partition coefficient (Wildman–Crippen LogP) is 5.23. The fourth-order valence-electron chi connectivity index (χ4n) is 3.78. The van der Waals surface area contributed by atoms with Crippen molar-refractivity contribution in [3.8, 4) is 0 Å². The average Bonchev–Trinajstić information content (AvgIpc) is 3.27. The van der Waals surface area contributed by atoms with Gasteiger partial charge in [0.15, 0.2) is 5.01 Å². The number of aromatic nitrogens is 1. The van der Waals surface area contributed by atoms with Crippen LogP contribution in [0.2, 0.25) is 0 Å². The Balaban J connectivity index is 0.000000406. The van der Waals surface area contributed by atoms with Crippen LogP contribution in [0.15, 0.2) is 48.5 Å². The number of ketones is 1. The number of carboxylic acid groups (broad SMARTS) is 1. The van der Waals surface area contributed by atoms with Crippen LogP contribution < -0.4 is 11.1 Å². The van der Waals surface area contributed by atoms with Crippen LogP contribution in [0.4, 0.5) is 13.2 Å². The maximum Gasteiger partial charge on any atom is 0.490 e. The topological polar surface area (TPSA) is 105 Å². The smallest absolute Gasteiger partial charge is 0.475 e. The molecule has 1 unspecified atom stereocenters. The molecule has 0 amide bonds. The van der Waals surface area contributed by atoms with Crippen molar-refractivity contribution in [3.63, 3.8) is 0 Å².